The Morgan fingerprint density at radius 1 is 0.704 bits per heavy atom. The van der Waals surface area contributed by atoms with Gasteiger partial charge in [0.1, 0.15) is 0 Å². The SMILES string of the molecule is O=C(Nc1ccc(-c2ncc(-c3ccc(NC(=O)N[C@@H]4CCN(C(=O)[C@H](O)c5ccccc5)C4)cc3)o2)cc1)N[C@@H]1CCN(C(=O)Cc2ccccc2)C1. The van der Waals surface area contributed by atoms with E-state index >= 15 is 0 Å². The second kappa shape index (κ2) is 16.5. The number of carbonyl (C=O) groups is 4. The summed E-state index contributed by atoms with van der Waals surface area (Å²) in [6.07, 6.45) is 2.02. The molecule has 2 aliphatic rings. The van der Waals surface area contributed by atoms with Gasteiger partial charge in [0.2, 0.25) is 11.8 Å². The van der Waals surface area contributed by atoms with Crippen molar-refractivity contribution in [3.05, 3.63) is 127 Å². The van der Waals surface area contributed by atoms with E-state index < -0.39 is 6.10 Å². The van der Waals surface area contributed by atoms with Gasteiger partial charge in [0.25, 0.3) is 5.91 Å². The Kier molecular flexibility index (Phi) is 11.0. The molecule has 6 amide bonds. The van der Waals surface area contributed by atoms with E-state index in [1.54, 1.807) is 76.7 Å². The minimum absolute atomic E-state index is 0.0523. The molecule has 0 radical (unpaired) electrons. The first-order valence-electron chi connectivity index (χ1n) is 17.9. The minimum Gasteiger partial charge on any atom is -0.436 e. The van der Waals surface area contributed by atoms with Crippen molar-refractivity contribution in [3.63, 3.8) is 0 Å². The van der Waals surface area contributed by atoms with Gasteiger partial charge in [-0.1, -0.05) is 60.7 Å². The van der Waals surface area contributed by atoms with Gasteiger partial charge in [-0.15, -0.1) is 0 Å². The molecular formula is C41H41N7O6. The van der Waals surface area contributed by atoms with Crippen molar-refractivity contribution in [3.8, 4) is 22.8 Å². The molecule has 7 rings (SSSR count). The van der Waals surface area contributed by atoms with Crippen LogP contribution in [0, 0.1) is 0 Å². The van der Waals surface area contributed by atoms with Gasteiger partial charge in [-0.2, -0.15) is 0 Å². The van der Waals surface area contributed by atoms with Crippen LogP contribution in [-0.4, -0.2) is 82.0 Å². The average molecular weight is 728 g/mol. The van der Waals surface area contributed by atoms with Gasteiger partial charge < -0.3 is 40.6 Å². The lowest BCUT2D eigenvalue weighted by Gasteiger charge is -2.20. The maximum absolute atomic E-state index is 12.8. The second-order valence-corrected chi connectivity index (χ2v) is 13.5. The monoisotopic (exact) mass is 727 g/mol. The normalized spacial score (nSPS) is 17.1. The first-order valence-corrected chi connectivity index (χ1v) is 17.9. The Balaban J connectivity index is 0.848. The number of amides is 6. The Morgan fingerprint density at radius 2 is 1.24 bits per heavy atom. The molecular weight excluding hydrogens is 686 g/mol. The van der Waals surface area contributed by atoms with Crippen molar-refractivity contribution >= 4 is 35.3 Å². The summed E-state index contributed by atoms with van der Waals surface area (Å²) >= 11 is 0. The number of oxazole rings is 1. The van der Waals surface area contributed by atoms with Gasteiger partial charge in [0.05, 0.1) is 12.6 Å². The number of carbonyl (C=O) groups excluding carboxylic acids is 4. The van der Waals surface area contributed by atoms with Gasteiger partial charge in [-0.3, -0.25) is 9.59 Å². The first kappa shape index (κ1) is 35.9. The number of hydrogen-bond acceptors (Lipinski definition) is 7. The fraction of sp³-hybridized carbons (Fsp3) is 0.244. The number of hydrogen-bond donors (Lipinski definition) is 5. The van der Waals surface area contributed by atoms with Crippen LogP contribution in [0.4, 0.5) is 21.0 Å². The molecule has 1 aromatic heterocycles. The largest absolute Gasteiger partial charge is 0.436 e. The molecule has 4 aromatic carbocycles. The summed E-state index contributed by atoms with van der Waals surface area (Å²) < 4.78 is 6.02. The summed E-state index contributed by atoms with van der Waals surface area (Å²) in [4.78, 5) is 58.7. The quantitative estimate of drug-likeness (QED) is 0.128. The number of nitrogens with one attached hydrogen (secondary N) is 4. The Bertz CT molecular complexity index is 2070. The summed E-state index contributed by atoms with van der Waals surface area (Å²) in [5.41, 5.74) is 4.19. The van der Waals surface area contributed by atoms with Crippen LogP contribution in [-0.2, 0) is 16.0 Å². The molecule has 5 N–H and O–H groups in total. The smallest absolute Gasteiger partial charge is 0.319 e. The van der Waals surface area contributed by atoms with Crippen LogP contribution >= 0.6 is 0 Å². The third kappa shape index (κ3) is 8.93. The highest BCUT2D eigenvalue weighted by molar-refractivity contribution is 5.91. The van der Waals surface area contributed by atoms with E-state index in [2.05, 4.69) is 26.3 Å². The number of nitrogens with zero attached hydrogens (tertiary/aromatic N) is 3. The second-order valence-electron chi connectivity index (χ2n) is 13.5. The van der Waals surface area contributed by atoms with Crippen molar-refractivity contribution in [2.75, 3.05) is 36.8 Å². The maximum Gasteiger partial charge on any atom is 0.319 e. The standard InChI is InChI=1S/C41H41N7O6/c49-36(23-27-7-3-1-4-8-27)47-21-19-33(25-47)45-40(52)44-32-17-13-30(14-18-32)38-42-24-35(54-38)28-11-15-31(16-12-28)43-41(53)46-34-20-22-48(26-34)39(51)37(50)29-9-5-2-6-10-29/h1-18,24,33-34,37,50H,19-23,25-26H2,(H2,43,46,53)(H2,44,45,52)/t33-,34-,37-/m1/s1. The molecule has 13 nitrogen and oxygen atoms in total. The molecule has 3 atom stereocenters. The lowest BCUT2D eigenvalue weighted by atomic mass is 10.1. The van der Waals surface area contributed by atoms with Crippen molar-refractivity contribution in [2.45, 2.75) is 37.5 Å². The molecule has 13 heteroatoms. The predicted octanol–water partition coefficient (Wildman–Crippen LogP) is 5.43. The molecule has 0 unspecified atom stereocenters. The van der Waals surface area contributed by atoms with Gasteiger partial charge in [0.15, 0.2) is 11.9 Å². The fourth-order valence-corrected chi connectivity index (χ4v) is 6.68. The summed E-state index contributed by atoms with van der Waals surface area (Å²) in [7, 11) is 0. The Hall–Kier alpha value is -6.47. The maximum atomic E-state index is 12.8. The van der Waals surface area contributed by atoms with Crippen LogP contribution in [0.25, 0.3) is 22.8 Å². The third-order valence-electron chi connectivity index (χ3n) is 9.58. The molecule has 3 heterocycles. The first-order chi connectivity index (χ1) is 26.3. The molecule has 54 heavy (non-hydrogen) atoms. The number of anilines is 2. The van der Waals surface area contributed by atoms with Crippen LogP contribution in [0.5, 0.6) is 0 Å². The Morgan fingerprint density at radius 3 is 1.85 bits per heavy atom. The molecule has 2 saturated heterocycles. The van der Waals surface area contributed by atoms with E-state index in [0.29, 0.717) is 74.0 Å². The van der Waals surface area contributed by atoms with E-state index in [-0.39, 0.29) is 36.0 Å². The van der Waals surface area contributed by atoms with E-state index in [1.165, 1.54) is 0 Å². The minimum atomic E-state index is -1.23. The summed E-state index contributed by atoms with van der Waals surface area (Å²) in [6, 6.07) is 31.6. The molecule has 2 fully saturated rings. The van der Waals surface area contributed by atoms with Crippen LogP contribution in [0.1, 0.15) is 30.1 Å². The van der Waals surface area contributed by atoms with Gasteiger partial charge in [0, 0.05) is 60.8 Å². The predicted molar refractivity (Wildman–Crippen MR) is 203 cm³/mol. The van der Waals surface area contributed by atoms with E-state index in [1.807, 2.05) is 48.5 Å². The molecule has 0 saturated carbocycles. The lowest BCUT2D eigenvalue weighted by Crippen LogP contribution is -2.41. The van der Waals surface area contributed by atoms with Crippen LogP contribution in [0.15, 0.2) is 120 Å². The van der Waals surface area contributed by atoms with Gasteiger partial charge in [-0.05, 0) is 72.5 Å². The molecule has 2 aliphatic heterocycles. The molecule has 5 aromatic rings. The van der Waals surface area contributed by atoms with Crippen LogP contribution in [0.3, 0.4) is 0 Å². The van der Waals surface area contributed by atoms with Crippen LogP contribution in [0.2, 0.25) is 0 Å². The topological polar surface area (TPSA) is 169 Å². The Labute approximate surface area is 312 Å². The zero-order valence-electron chi connectivity index (χ0n) is 29.5. The summed E-state index contributed by atoms with van der Waals surface area (Å²) in [5, 5.41) is 22.0. The summed E-state index contributed by atoms with van der Waals surface area (Å²) in [6.45, 7) is 1.85. The van der Waals surface area contributed by atoms with Crippen molar-refractivity contribution < 1.29 is 28.7 Å². The lowest BCUT2D eigenvalue weighted by molar-refractivity contribution is -0.139. The number of aliphatic hydroxyl groups excluding tert-OH is 1. The summed E-state index contributed by atoms with van der Waals surface area (Å²) in [5.74, 6) is 0.628. The number of aromatic nitrogens is 1. The zero-order chi connectivity index (χ0) is 37.4. The average Bonchev–Trinajstić information content (AvgIpc) is 3.98. The number of rotatable bonds is 10. The fourth-order valence-electron chi connectivity index (χ4n) is 6.68. The van der Waals surface area contributed by atoms with E-state index in [9.17, 15) is 24.3 Å². The third-order valence-corrected chi connectivity index (χ3v) is 9.58. The van der Waals surface area contributed by atoms with Crippen LogP contribution < -0.4 is 21.3 Å². The highest BCUT2D eigenvalue weighted by atomic mass is 16.4. The zero-order valence-corrected chi connectivity index (χ0v) is 29.5. The highest BCUT2D eigenvalue weighted by Gasteiger charge is 2.31. The van der Waals surface area contributed by atoms with Crippen molar-refractivity contribution in [1.29, 1.82) is 0 Å². The van der Waals surface area contributed by atoms with Crippen molar-refractivity contribution in [1.82, 2.24) is 25.4 Å². The number of likely N-dealkylation sites (tertiary alicyclic amines) is 2. The molecule has 276 valence electrons. The number of benzene rings is 4. The molecule has 0 spiro atoms. The molecule has 0 bridgehead atoms. The number of aliphatic hydroxyl groups is 1. The van der Waals surface area contributed by atoms with E-state index in [4.69, 9.17) is 4.42 Å². The molecule has 0 aliphatic carbocycles. The highest BCUT2D eigenvalue weighted by Crippen LogP contribution is 2.28. The number of urea groups is 2. The van der Waals surface area contributed by atoms with Crippen molar-refractivity contribution in [2.24, 2.45) is 0 Å². The van der Waals surface area contributed by atoms with E-state index in [0.717, 1.165) is 16.7 Å². The van der Waals surface area contributed by atoms with Gasteiger partial charge >= 0.3 is 12.1 Å². The van der Waals surface area contributed by atoms with Gasteiger partial charge in [-0.25, -0.2) is 14.6 Å².